The number of ether oxygens (including phenoxy) is 1. The van der Waals surface area contributed by atoms with Crippen molar-refractivity contribution >= 4 is 17.5 Å². The van der Waals surface area contributed by atoms with Crippen molar-refractivity contribution in [3.63, 3.8) is 0 Å². The third kappa shape index (κ3) is 2.91. The Morgan fingerprint density at radius 3 is 2.85 bits per heavy atom. The molecule has 6 heteroatoms. The highest BCUT2D eigenvalue weighted by atomic mass is 16.5. The Balaban J connectivity index is 2.23. The van der Waals surface area contributed by atoms with Crippen LogP contribution in [0.3, 0.4) is 0 Å². The van der Waals surface area contributed by atoms with E-state index in [4.69, 9.17) is 10.5 Å². The molecular formula is C14H19N3O3. The Kier molecular flexibility index (Phi) is 4.24. The van der Waals surface area contributed by atoms with Gasteiger partial charge in [0.05, 0.1) is 19.7 Å². The highest BCUT2D eigenvalue weighted by Crippen LogP contribution is 2.24. The maximum absolute atomic E-state index is 11.8. The summed E-state index contributed by atoms with van der Waals surface area (Å²) in [5, 5.41) is 2.36. The molecular weight excluding hydrogens is 258 g/mol. The number of carbonyl (C=O) groups is 2. The molecule has 1 aliphatic heterocycles. The molecule has 1 atom stereocenters. The number of hydrogen-bond donors (Lipinski definition) is 2. The zero-order valence-corrected chi connectivity index (χ0v) is 11.7. The number of hydrogen-bond acceptors (Lipinski definition) is 5. The van der Waals surface area contributed by atoms with Crippen molar-refractivity contribution in [1.29, 1.82) is 0 Å². The van der Waals surface area contributed by atoms with Gasteiger partial charge < -0.3 is 10.5 Å². The van der Waals surface area contributed by atoms with Crippen molar-refractivity contribution in [2.24, 2.45) is 0 Å². The second-order valence-corrected chi connectivity index (χ2v) is 4.81. The molecule has 1 heterocycles. The highest BCUT2D eigenvalue weighted by molar-refractivity contribution is 6.01. The fraction of sp³-hybridized carbons (Fsp3) is 0.429. The number of rotatable bonds is 4. The number of carbonyl (C=O) groups excluding carboxylic acids is 2. The number of nitrogens with two attached hydrogens (primary N) is 1. The van der Waals surface area contributed by atoms with E-state index in [0.717, 1.165) is 5.56 Å². The first-order chi connectivity index (χ1) is 9.55. The van der Waals surface area contributed by atoms with Crippen molar-refractivity contribution in [3.05, 3.63) is 23.8 Å². The quantitative estimate of drug-likeness (QED) is 0.619. The maximum atomic E-state index is 11.8. The van der Waals surface area contributed by atoms with Crippen LogP contribution in [0, 0.1) is 0 Å². The lowest BCUT2D eigenvalue weighted by molar-refractivity contribution is -0.140. The normalized spacial score (nSPS) is 19.8. The summed E-state index contributed by atoms with van der Waals surface area (Å²) in [6, 6.07) is 5.08. The van der Waals surface area contributed by atoms with Gasteiger partial charge in [-0.25, -0.2) is 0 Å². The first kappa shape index (κ1) is 14.3. The van der Waals surface area contributed by atoms with E-state index in [-0.39, 0.29) is 24.4 Å². The number of piperazine rings is 1. The summed E-state index contributed by atoms with van der Waals surface area (Å²) >= 11 is 0. The number of nitrogens with one attached hydrogen (secondary N) is 1. The molecule has 0 radical (unpaired) electrons. The molecule has 0 aliphatic carbocycles. The highest BCUT2D eigenvalue weighted by Gasteiger charge is 2.32. The standard InChI is InChI=1S/C14H19N3O3/c1-3-11-14(19)16-13(18)8-17(11)7-9-4-5-10(15)6-12(9)20-2/h4-6,11H,3,7-8,15H2,1-2H3,(H,16,18,19). The minimum absolute atomic E-state index is 0.206. The molecule has 0 saturated carbocycles. The zero-order chi connectivity index (χ0) is 14.7. The fourth-order valence-electron chi connectivity index (χ4n) is 2.44. The van der Waals surface area contributed by atoms with Crippen LogP contribution in [0.2, 0.25) is 0 Å². The second kappa shape index (κ2) is 5.92. The minimum atomic E-state index is -0.296. The van der Waals surface area contributed by atoms with Crippen LogP contribution in [0.25, 0.3) is 0 Å². The molecule has 0 aromatic heterocycles. The van der Waals surface area contributed by atoms with E-state index in [0.29, 0.717) is 24.4 Å². The van der Waals surface area contributed by atoms with Gasteiger partial charge in [-0.1, -0.05) is 13.0 Å². The lowest BCUT2D eigenvalue weighted by atomic mass is 10.1. The third-order valence-electron chi connectivity index (χ3n) is 3.42. The van der Waals surface area contributed by atoms with E-state index in [1.54, 1.807) is 19.2 Å². The van der Waals surface area contributed by atoms with Gasteiger partial charge in [0, 0.05) is 23.9 Å². The molecule has 1 unspecified atom stereocenters. The predicted octanol–water partition coefficient (Wildman–Crippen LogP) is 0.514. The number of nitrogen functional groups attached to an aromatic ring is 1. The lowest BCUT2D eigenvalue weighted by Gasteiger charge is -2.33. The van der Waals surface area contributed by atoms with Gasteiger partial charge in [0.25, 0.3) is 0 Å². The number of methoxy groups -OCH3 is 1. The fourth-order valence-corrected chi connectivity index (χ4v) is 2.44. The Morgan fingerprint density at radius 1 is 1.45 bits per heavy atom. The monoisotopic (exact) mass is 277 g/mol. The summed E-state index contributed by atoms with van der Waals surface area (Å²) in [6.45, 7) is 2.60. The van der Waals surface area contributed by atoms with Gasteiger partial charge in [-0.3, -0.25) is 19.8 Å². The Morgan fingerprint density at radius 2 is 2.20 bits per heavy atom. The smallest absolute Gasteiger partial charge is 0.243 e. The van der Waals surface area contributed by atoms with Gasteiger partial charge in [-0.05, 0) is 12.5 Å². The van der Waals surface area contributed by atoms with Crippen LogP contribution in [0.15, 0.2) is 18.2 Å². The largest absolute Gasteiger partial charge is 0.496 e. The summed E-state index contributed by atoms with van der Waals surface area (Å²) < 4.78 is 5.30. The van der Waals surface area contributed by atoms with Crippen molar-refractivity contribution < 1.29 is 14.3 Å². The van der Waals surface area contributed by atoms with E-state index in [2.05, 4.69) is 5.32 Å². The van der Waals surface area contributed by atoms with Crippen LogP contribution in [0.4, 0.5) is 5.69 Å². The van der Waals surface area contributed by atoms with Crippen molar-refractivity contribution in [2.45, 2.75) is 25.9 Å². The van der Waals surface area contributed by atoms with Crippen LogP contribution in [0.1, 0.15) is 18.9 Å². The van der Waals surface area contributed by atoms with Gasteiger partial charge in [-0.15, -0.1) is 0 Å². The van der Waals surface area contributed by atoms with Crippen LogP contribution in [0.5, 0.6) is 5.75 Å². The molecule has 1 aliphatic rings. The van der Waals surface area contributed by atoms with Gasteiger partial charge in [0.15, 0.2) is 0 Å². The molecule has 1 aromatic rings. The maximum Gasteiger partial charge on any atom is 0.243 e. The van der Waals surface area contributed by atoms with Gasteiger partial charge in [0.1, 0.15) is 5.75 Å². The SMILES string of the molecule is CCC1C(=O)NC(=O)CN1Cc1ccc(N)cc1OC. The second-order valence-electron chi connectivity index (χ2n) is 4.81. The summed E-state index contributed by atoms with van der Waals surface area (Å²) in [6.07, 6.45) is 0.649. The topological polar surface area (TPSA) is 84.7 Å². The molecule has 1 fully saturated rings. The molecule has 0 bridgehead atoms. The molecule has 108 valence electrons. The van der Waals surface area contributed by atoms with E-state index in [1.807, 2.05) is 17.9 Å². The molecule has 2 amide bonds. The molecule has 20 heavy (non-hydrogen) atoms. The van der Waals surface area contributed by atoms with Gasteiger partial charge in [0.2, 0.25) is 11.8 Å². The number of amides is 2. The van der Waals surface area contributed by atoms with Crippen LogP contribution >= 0.6 is 0 Å². The number of benzene rings is 1. The molecule has 3 N–H and O–H groups in total. The molecule has 1 aromatic carbocycles. The number of anilines is 1. The van der Waals surface area contributed by atoms with Crippen molar-refractivity contribution in [2.75, 3.05) is 19.4 Å². The van der Waals surface area contributed by atoms with E-state index < -0.39 is 0 Å². The van der Waals surface area contributed by atoms with Gasteiger partial charge >= 0.3 is 0 Å². The third-order valence-corrected chi connectivity index (χ3v) is 3.42. The summed E-state index contributed by atoms with van der Waals surface area (Å²) in [7, 11) is 1.57. The molecule has 1 saturated heterocycles. The summed E-state index contributed by atoms with van der Waals surface area (Å²) in [5.41, 5.74) is 7.24. The number of imide groups is 1. The summed E-state index contributed by atoms with van der Waals surface area (Å²) in [5.74, 6) is 0.158. The first-order valence-electron chi connectivity index (χ1n) is 6.55. The average Bonchev–Trinajstić information content (AvgIpc) is 2.40. The van der Waals surface area contributed by atoms with E-state index >= 15 is 0 Å². The van der Waals surface area contributed by atoms with Crippen molar-refractivity contribution in [1.82, 2.24) is 10.2 Å². The van der Waals surface area contributed by atoms with Crippen LogP contribution in [-0.2, 0) is 16.1 Å². The average molecular weight is 277 g/mol. The molecule has 0 spiro atoms. The first-order valence-corrected chi connectivity index (χ1v) is 6.55. The number of nitrogens with zero attached hydrogens (tertiary/aromatic N) is 1. The van der Waals surface area contributed by atoms with E-state index in [1.165, 1.54) is 0 Å². The van der Waals surface area contributed by atoms with Gasteiger partial charge in [-0.2, -0.15) is 0 Å². The summed E-state index contributed by atoms with van der Waals surface area (Å²) in [4.78, 5) is 25.2. The zero-order valence-electron chi connectivity index (χ0n) is 11.7. The Labute approximate surface area is 117 Å². The Hall–Kier alpha value is -2.08. The van der Waals surface area contributed by atoms with Crippen molar-refractivity contribution in [3.8, 4) is 5.75 Å². The molecule has 2 rings (SSSR count). The predicted molar refractivity (Wildman–Crippen MR) is 75.0 cm³/mol. The van der Waals surface area contributed by atoms with E-state index in [9.17, 15) is 9.59 Å². The minimum Gasteiger partial charge on any atom is -0.496 e. The molecule has 6 nitrogen and oxygen atoms in total. The van der Waals surface area contributed by atoms with Crippen LogP contribution in [-0.4, -0.2) is 36.4 Å². The van der Waals surface area contributed by atoms with Crippen LogP contribution < -0.4 is 15.8 Å². The lowest BCUT2D eigenvalue weighted by Crippen LogP contribution is -2.57. The Bertz CT molecular complexity index is 530.